The molecule has 0 heterocycles. The van der Waals surface area contributed by atoms with Crippen LogP contribution in [-0.4, -0.2) is 16.8 Å². The molecule has 1 atom stereocenters. The molecule has 0 aliphatic carbocycles. The maximum Gasteiger partial charge on any atom is 0.429 e. The topological polar surface area (TPSA) is 20.2 Å². The van der Waals surface area contributed by atoms with Gasteiger partial charge in [-0.2, -0.15) is 13.2 Å². The van der Waals surface area contributed by atoms with Gasteiger partial charge in [0.2, 0.25) is 5.50 Å². The molecule has 0 amide bonds. The molecule has 0 saturated carbocycles. The van der Waals surface area contributed by atoms with Crippen molar-refractivity contribution in [2.75, 3.05) is 0 Å². The van der Waals surface area contributed by atoms with Crippen molar-refractivity contribution in [3.05, 3.63) is 24.3 Å². The SMILES string of the molecule is Oc1ccc(SC(F)C(F)(F)F)cc1. The van der Waals surface area contributed by atoms with E-state index in [1.165, 1.54) is 24.3 Å². The summed E-state index contributed by atoms with van der Waals surface area (Å²) in [4.78, 5) is 0.118. The highest BCUT2D eigenvalue weighted by molar-refractivity contribution is 7.99. The van der Waals surface area contributed by atoms with Gasteiger partial charge in [-0.15, -0.1) is 0 Å². The monoisotopic (exact) mass is 226 g/mol. The zero-order valence-corrected chi connectivity index (χ0v) is 7.57. The fourth-order valence-electron chi connectivity index (χ4n) is 0.711. The molecule has 0 aromatic heterocycles. The number of alkyl halides is 4. The summed E-state index contributed by atoms with van der Waals surface area (Å²) >= 11 is 0.0564. The molecule has 1 aromatic rings. The Morgan fingerprint density at radius 2 is 1.64 bits per heavy atom. The summed E-state index contributed by atoms with van der Waals surface area (Å²) in [7, 11) is 0. The Morgan fingerprint density at radius 1 is 1.14 bits per heavy atom. The third kappa shape index (κ3) is 3.10. The van der Waals surface area contributed by atoms with Gasteiger partial charge in [-0.05, 0) is 24.3 Å². The highest BCUT2D eigenvalue weighted by Gasteiger charge is 2.40. The minimum absolute atomic E-state index is 0.0564. The van der Waals surface area contributed by atoms with Crippen molar-refractivity contribution in [1.82, 2.24) is 0 Å². The molecule has 1 rings (SSSR count). The highest BCUT2D eigenvalue weighted by atomic mass is 32.2. The lowest BCUT2D eigenvalue weighted by Gasteiger charge is -2.11. The first kappa shape index (κ1) is 11.2. The van der Waals surface area contributed by atoms with Crippen LogP contribution < -0.4 is 0 Å². The van der Waals surface area contributed by atoms with Gasteiger partial charge in [-0.1, -0.05) is 11.8 Å². The van der Waals surface area contributed by atoms with E-state index < -0.39 is 11.7 Å². The van der Waals surface area contributed by atoms with E-state index in [0.29, 0.717) is 0 Å². The molecule has 1 aromatic carbocycles. The van der Waals surface area contributed by atoms with Crippen LogP contribution in [0.3, 0.4) is 0 Å². The molecule has 1 nitrogen and oxygen atoms in total. The Balaban J connectivity index is 2.65. The Bertz CT molecular complexity index is 295. The molecule has 0 fully saturated rings. The fraction of sp³-hybridized carbons (Fsp3) is 0.250. The van der Waals surface area contributed by atoms with E-state index in [2.05, 4.69) is 0 Å². The van der Waals surface area contributed by atoms with Crippen LogP contribution >= 0.6 is 11.8 Å². The Kier molecular flexibility index (Phi) is 3.25. The van der Waals surface area contributed by atoms with Crippen LogP contribution in [0.15, 0.2) is 29.2 Å². The number of thioether (sulfide) groups is 1. The molecular weight excluding hydrogens is 220 g/mol. The summed E-state index contributed by atoms with van der Waals surface area (Å²) in [6.45, 7) is 0. The maximum absolute atomic E-state index is 12.5. The molecule has 1 unspecified atom stereocenters. The van der Waals surface area contributed by atoms with Crippen LogP contribution in [0.4, 0.5) is 17.6 Å². The lowest BCUT2D eigenvalue weighted by atomic mass is 10.3. The summed E-state index contributed by atoms with van der Waals surface area (Å²) in [5.41, 5.74) is -2.94. The molecule has 0 spiro atoms. The average molecular weight is 226 g/mol. The van der Waals surface area contributed by atoms with Crippen molar-refractivity contribution >= 4 is 11.8 Å². The molecular formula is C8H6F4OS. The number of aromatic hydroxyl groups is 1. The van der Waals surface area contributed by atoms with Crippen LogP contribution in [0.25, 0.3) is 0 Å². The van der Waals surface area contributed by atoms with Crippen LogP contribution in [0.5, 0.6) is 5.75 Å². The highest BCUT2D eigenvalue weighted by Crippen LogP contribution is 2.36. The number of phenols is 1. The van der Waals surface area contributed by atoms with Crippen molar-refractivity contribution in [1.29, 1.82) is 0 Å². The lowest BCUT2D eigenvalue weighted by Crippen LogP contribution is -2.20. The summed E-state index contributed by atoms with van der Waals surface area (Å²) in [5, 5.41) is 8.83. The molecule has 0 bridgehead atoms. The smallest absolute Gasteiger partial charge is 0.429 e. The number of hydrogen-bond acceptors (Lipinski definition) is 2. The Labute approximate surface area is 81.7 Å². The quantitative estimate of drug-likeness (QED) is 0.616. The third-order valence-corrected chi connectivity index (χ3v) is 2.35. The normalized spacial score (nSPS) is 14.0. The number of hydrogen-bond donors (Lipinski definition) is 1. The molecule has 0 saturated heterocycles. The van der Waals surface area contributed by atoms with E-state index in [-0.39, 0.29) is 22.4 Å². The standard InChI is InChI=1S/C8H6F4OS/c9-7(8(10,11)12)14-6-3-1-5(13)2-4-6/h1-4,7,13H. The maximum atomic E-state index is 12.5. The largest absolute Gasteiger partial charge is 0.508 e. The Hall–Kier alpha value is -0.910. The summed E-state index contributed by atoms with van der Waals surface area (Å²) < 4.78 is 47.8. The zero-order chi connectivity index (χ0) is 10.8. The van der Waals surface area contributed by atoms with E-state index in [1.54, 1.807) is 0 Å². The Morgan fingerprint density at radius 3 is 2.07 bits per heavy atom. The second kappa shape index (κ2) is 4.08. The lowest BCUT2D eigenvalue weighted by molar-refractivity contribution is -0.154. The summed E-state index contributed by atoms with van der Waals surface area (Å²) in [5.74, 6) is -0.0724. The van der Waals surface area contributed by atoms with Crippen LogP contribution in [0.1, 0.15) is 0 Å². The minimum atomic E-state index is -4.86. The molecule has 6 heteroatoms. The van der Waals surface area contributed by atoms with Gasteiger partial charge < -0.3 is 5.11 Å². The zero-order valence-electron chi connectivity index (χ0n) is 6.75. The van der Waals surface area contributed by atoms with Crippen molar-refractivity contribution < 1.29 is 22.7 Å². The molecule has 1 N–H and O–H groups in total. The molecule has 0 aliphatic heterocycles. The molecule has 0 aliphatic rings. The fourth-order valence-corrected chi connectivity index (χ4v) is 1.38. The van der Waals surface area contributed by atoms with Gasteiger partial charge in [0.15, 0.2) is 0 Å². The van der Waals surface area contributed by atoms with E-state index in [1.807, 2.05) is 0 Å². The van der Waals surface area contributed by atoms with Crippen molar-refractivity contribution in [3.63, 3.8) is 0 Å². The van der Waals surface area contributed by atoms with Crippen molar-refractivity contribution in [2.45, 2.75) is 16.6 Å². The van der Waals surface area contributed by atoms with E-state index in [9.17, 15) is 17.6 Å². The first-order chi connectivity index (χ1) is 6.39. The van der Waals surface area contributed by atoms with Crippen molar-refractivity contribution in [2.24, 2.45) is 0 Å². The van der Waals surface area contributed by atoms with Gasteiger partial charge in [0.25, 0.3) is 0 Å². The van der Waals surface area contributed by atoms with E-state index >= 15 is 0 Å². The van der Waals surface area contributed by atoms with E-state index in [0.717, 1.165) is 0 Å². The van der Waals surface area contributed by atoms with Crippen LogP contribution in [0, 0.1) is 0 Å². The third-order valence-electron chi connectivity index (χ3n) is 1.33. The van der Waals surface area contributed by atoms with Gasteiger partial charge in [0, 0.05) is 4.90 Å². The number of halogens is 4. The first-order valence-corrected chi connectivity index (χ1v) is 4.44. The number of benzene rings is 1. The van der Waals surface area contributed by atoms with Gasteiger partial charge in [0.05, 0.1) is 0 Å². The van der Waals surface area contributed by atoms with Gasteiger partial charge in [0.1, 0.15) is 5.75 Å². The molecule has 78 valence electrons. The first-order valence-electron chi connectivity index (χ1n) is 3.56. The second-order valence-electron chi connectivity index (χ2n) is 2.47. The average Bonchev–Trinajstić information content (AvgIpc) is 2.07. The molecule has 14 heavy (non-hydrogen) atoms. The predicted octanol–water partition coefficient (Wildman–Crippen LogP) is 3.34. The summed E-state index contributed by atoms with van der Waals surface area (Å²) in [6, 6.07) is 4.84. The number of phenolic OH excluding ortho intramolecular Hbond substituents is 1. The molecule has 0 radical (unpaired) electrons. The van der Waals surface area contributed by atoms with E-state index in [4.69, 9.17) is 5.11 Å². The summed E-state index contributed by atoms with van der Waals surface area (Å²) in [6.07, 6.45) is -4.86. The van der Waals surface area contributed by atoms with Gasteiger partial charge in [-0.25, -0.2) is 4.39 Å². The van der Waals surface area contributed by atoms with Crippen LogP contribution in [0.2, 0.25) is 0 Å². The van der Waals surface area contributed by atoms with Gasteiger partial charge >= 0.3 is 6.18 Å². The van der Waals surface area contributed by atoms with Crippen molar-refractivity contribution in [3.8, 4) is 5.75 Å². The predicted molar refractivity (Wildman–Crippen MR) is 44.9 cm³/mol. The van der Waals surface area contributed by atoms with Gasteiger partial charge in [-0.3, -0.25) is 0 Å². The van der Waals surface area contributed by atoms with Crippen LogP contribution in [-0.2, 0) is 0 Å². The minimum Gasteiger partial charge on any atom is -0.508 e. The second-order valence-corrected chi connectivity index (χ2v) is 3.59. The number of rotatable bonds is 2.